The Bertz CT molecular complexity index is 347. The van der Waals surface area contributed by atoms with E-state index in [-0.39, 0.29) is 12.5 Å². The molecule has 0 radical (unpaired) electrons. The topological polar surface area (TPSA) is 71.2 Å². The van der Waals surface area contributed by atoms with Crippen LogP contribution in [0.3, 0.4) is 0 Å². The molecule has 0 aliphatic heterocycles. The predicted molar refractivity (Wildman–Crippen MR) is 60.8 cm³/mol. The van der Waals surface area contributed by atoms with E-state index in [9.17, 15) is 4.79 Å². The van der Waals surface area contributed by atoms with Crippen LogP contribution in [0.2, 0.25) is 5.15 Å². The highest BCUT2D eigenvalue weighted by molar-refractivity contribution is 6.29. The number of nitrogens with two attached hydrogens (primary N) is 1. The van der Waals surface area contributed by atoms with Crippen LogP contribution in [0.1, 0.15) is 0 Å². The molecule has 1 heterocycles. The number of nitrogens with zero attached hydrogens (tertiary/aromatic N) is 2. The lowest BCUT2D eigenvalue weighted by Crippen LogP contribution is -2.28. The summed E-state index contributed by atoms with van der Waals surface area (Å²) in [4.78, 5) is 16.7. The number of anilines is 2. The summed E-state index contributed by atoms with van der Waals surface area (Å²) in [6.45, 7) is 0.166. The monoisotopic (exact) mass is 228 g/mol. The highest BCUT2D eigenvalue weighted by atomic mass is 35.5. The maximum Gasteiger partial charge on any atom is 0.241 e. The van der Waals surface area contributed by atoms with Gasteiger partial charge in [0.2, 0.25) is 5.91 Å². The van der Waals surface area contributed by atoms with Crippen LogP contribution in [0.25, 0.3) is 0 Å². The smallest absolute Gasteiger partial charge is 0.241 e. The van der Waals surface area contributed by atoms with Crippen LogP contribution in [-0.2, 0) is 4.79 Å². The van der Waals surface area contributed by atoms with Crippen molar-refractivity contribution >= 4 is 29.0 Å². The lowest BCUT2D eigenvalue weighted by atomic mass is 10.4. The fourth-order valence-corrected chi connectivity index (χ4v) is 1.15. The van der Waals surface area contributed by atoms with Crippen LogP contribution >= 0.6 is 11.6 Å². The summed E-state index contributed by atoms with van der Waals surface area (Å²) in [5.41, 5.74) is 6.07. The quantitative estimate of drug-likeness (QED) is 0.752. The van der Waals surface area contributed by atoms with Crippen LogP contribution in [0.5, 0.6) is 0 Å². The zero-order valence-electron chi connectivity index (χ0n) is 8.62. The van der Waals surface area contributed by atoms with Crippen molar-refractivity contribution in [2.24, 2.45) is 0 Å². The van der Waals surface area contributed by atoms with Crippen molar-refractivity contribution in [1.82, 2.24) is 9.88 Å². The minimum absolute atomic E-state index is 0.0460. The van der Waals surface area contributed by atoms with Crippen molar-refractivity contribution in [3.05, 3.63) is 17.3 Å². The Morgan fingerprint density at radius 3 is 2.80 bits per heavy atom. The van der Waals surface area contributed by atoms with Gasteiger partial charge in [-0.3, -0.25) is 4.79 Å². The Labute approximate surface area is 93.2 Å². The molecule has 0 aliphatic rings. The highest BCUT2D eigenvalue weighted by Crippen LogP contribution is 2.15. The first-order valence-corrected chi connectivity index (χ1v) is 4.74. The van der Waals surface area contributed by atoms with E-state index >= 15 is 0 Å². The normalized spacial score (nSPS) is 9.80. The van der Waals surface area contributed by atoms with Crippen LogP contribution in [0.4, 0.5) is 11.5 Å². The van der Waals surface area contributed by atoms with E-state index in [4.69, 9.17) is 17.3 Å². The van der Waals surface area contributed by atoms with Gasteiger partial charge < -0.3 is 16.0 Å². The second kappa shape index (κ2) is 4.84. The fraction of sp³-hybridized carbons (Fsp3) is 0.333. The Kier molecular flexibility index (Phi) is 3.74. The summed E-state index contributed by atoms with van der Waals surface area (Å²) in [5.74, 6) is 0.450. The van der Waals surface area contributed by atoms with Gasteiger partial charge in [-0.1, -0.05) is 11.6 Å². The Morgan fingerprint density at radius 1 is 1.60 bits per heavy atom. The van der Waals surface area contributed by atoms with Gasteiger partial charge in [-0.05, 0) is 6.07 Å². The van der Waals surface area contributed by atoms with Gasteiger partial charge in [-0.15, -0.1) is 0 Å². The van der Waals surface area contributed by atoms with Crippen LogP contribution in [-0.4, -0.2) is 36.4 Å². The minimum atomic E-state index is -0.0460. The summed E-state index contributed by atoms with van der Waals surface area (Å²) in [6, 6.07) is 3.16. The van der Waals surface area contributed by atoms with Gasteiger partial charge in [-0.25, -0.2) is 4.98 Å². The molecule has 1 rings (SSSR count). The molecule has 0 saturated carbocycles. The second-order valence-corrected chi connectivity index (χ2v) is 3.64. The zero-order chi connectivity index (χ0) is 11.4. The van der Waals surface area contributed by atoms with E-state index in [2.05, 4.69) is 10.3 Å². The third-order valence-corrected chi connectivity index (χ3v) is 1.93. The average Bonchev–Trinajstić information content (AvgIpc) is 2.12. The average molecular weight is 229 g/mol. The highest BCUT2D eigenvalue weighted by Gasteiger charge is 2.04. The van der Waals surface area contributed by atoms with Gasteiger partial charge in [0.25, 0.3) is 0 Å². The molecule has 0 atom stereocenters. The number of carbonyl (C=O) groups is 1. The summed E-state index contributed by atoms with van der Waals surface area (Å²) in [7, 11) is 3.37. The lowest BCUT2D eigenvalue weighted by Gasteiger charge is -2.11. The fourth-order valence-electron chi connectivity index (χ4n) is 0.932. The van der Waals surface area contributed by atoms with Gasteiger partial charge in [0, 0.05) is 25.8 Å². The number of pyridine rings is 1. The number of hydrogen-bond acceptors (Lipinski definition) is 4. The minimum Gasteiger partial charge on any atom is -0.399 e. The molecule has 5 nitrogen and oxygen atoms in total. The molecule has 82 valence electrons. The maximum absolute atomic E-state index is 11.3. The molecule has 1 amide bonds. The number of nitrogen functional groups attached to an aromatic ring is 1. The molecular formula is C9H13ClN4O. The number of carbonyl (C=O) groups excluding carboxylic acids is 1. The molecule has 0 spiro atoms. The van der Waals surface area contributed by atoms with E-state index in [1.54, 1.807) is 26.2 Å². The molecule has 3 N–H and O–H groups in total. The van der Waals surface area contributed by atoms with E-state index in [0.717, 1.165) is 0 Å². The molecule has 0 fully saturated rings. The van der Waals surface area contributed by atoms with Crippen LogP contribution < -0.4 is 11.1 Å². The summed E-state index contributed by atoms with van der Waals surface area (Å²) >= 11 is 5.70. The molecule has 0 bridgehead atoms. The Morgan fingerprint density at radius 2 is 2.27 bits per heavy atom. The molecule has 15 heavy (non-hydrogen) atoms. The van der Waals surface area contributed by atoms with Crippen molar-refractivity contribution in [2.45, 2.75) is 0 Å². The van der Waals surface area contributed by atoms with Crippen molar-refractivity contribution in [3.63, 3.8) is 0 Å². The molecule has 1 aromatic heterocycles. The van der Waals surface area contributed by atoms with Crippen molar-refractivity contribution in [1.29, 1.82) is 0 Å². The standard InChI is InChI=1S/C9H13ClN4O/c1-14(2)9(15)5-12-8-4-6(11)3-7(10)13-8/h3-4H,5H2,1-2H3,(H3,11,12,13). The van der Waals surface area contributed by atoms with Gasteiger partial charge in [0.1, 0.15) is 11.0 Å². The largest absolute Gasteiger partial charge is 0.399 e. The number of nitrogens with one attached hydrogen (secondary N) is 1. The van der Waals surface area contributed by atoms with Crippen molar-refractivity contribution in [2.75, 3.05) is 31.7 Å². The number of aromatic nitrogens is 1. The van der Waals surface area contributed by atoms with Gasteiger partial charge in [-0.2, -0.15) is 0 Å². The number of hydrogen-bond donors (Lipinski definition) is 2. The van der Waals surface area contributed by atoms with Crippen molar-refractivity contribution in [3.8, 4) is 0 Å². The molecule has 1 aromatic rings. The third kappa shape index (κ3) is 3.63. The van der Waals surface area contributed by atoms with Gasteiger partial charge in [0.05, 0.1) is 6.54 Å². The Hall–Kier alpha value is -1.49. The van der Waals surface area contributed by atoms with E-state index in [1.165, 1.54) is 4.90 Å². The van der Waals surface area contributed by atoms with Crippen LogP contribution in [0, 0.1) is 0 Å². The number of rotatable bonds is 3. The molecule has 6 heteroatoms. The summed E-state index contributed by atoms with van der Waals surface area (Å²) < 4.78 is 0. The molecule has 0 aromatic carbocycles. The molecular weight excluding hydrogens is 216 g/mol. The zero-order valence-corrected chi connectivity index (χ0v) is 9.38. The second-order valence-electron chi connectivity index (χ2n) is 3.25. The maximum atomic E-state index is 11.3. The van der Waals surface area contributed by atoms with Gasteiger partial charge in [0.15, 0.2) is 0 Å². The number of halogens is 1. The first kappa shape index (κ1) is 11.6. The third-order valence-electron chi connectivity index (χ3n) is 1.74. The van der Waals surface area contributed by atoms with E-state index in [0.29, 0.717) is 16.7 Å². The first-order chi connectivity index (χ1) is 6.99. The summed E-state index contributed by atoms with van der Waals surface area (Å²) in [6.07, 6.45) is 0. The van der Waals surface area contributed by atoms with Crippen molar-refractivity contribution < 1.29 is 4.79 Å². The lowest BCUT2D eigenvalue weighted by molar-refractivity contribution is -0.126. The summed E-state index contributed by atoms with van der Waals surface area (Å²) in [5, 5.41) is 3.14. The SMILES string of the molecule is CN(C)C(=O)CNc1cc(N)cc(Cl)n1. The van der Waals surface area contributed by atoms with Gasteiger partial charge >= 0.3 is 0 Å². The first-order valence-electron chi connectivity index (χ1n) is 4.36. The Balaban J connectivity index is 2.61. The molecule has 0 unspecified atom stereocenters. The van der Waals surface area contributed by atoms with Crippen LogP contribution in [0.15, 0.2) is 12.1 Å². The predicted octanol–water partition coefficient (Wildman–Crippen LogP) is 0.817. The molecule has 0 saturated heterocycles. The van der Waals surface area contributed by atoms with E-state index < -0.39 is 0 Å². The van der Waals surface area contributed by atoms with E-state index in [1.807, 2.05) is 0 Å². The number of likely N-dealkylation sites (N-methyl/N-ethyl adjacent to an activating group) is 1. The molecule has 0 aliphatic carbocycles. The number of amides is 1.